The molecule has 0 saturated heterocycles. The third-order valence-corrected chi connectivity index (χ3v) is 4.07. The van der Waals surface area contributed by atoms with Crippen molar-refractivity contribution in [2.24, 2.45) is 0 Å². The smallest absolute Gasteiger partial charge is 0.211 e. The fraction of sp³-hybridized carbons (Fsp3) is 0.667. The summed E-state index contributed by atoms with van der Waals surface area (Å²) in [5.74, 6) is 0. The van der Waals surface area contributed by atoms with Crippen LogP contribution in [0.25, 0.3) is 0 Å². The standard InChI is InChI=1S/C6H11NOSi/c1-7-6(8)9-4-2-3-5-9/h4H,2-3,5H2,1H3,(H,7,8). The Bertz CT molecular complexity index is 153. The van der Waals surface area contributed by atoms with Crippen molar-refractivity contribution >= 4 is 19.6 Å². The average Bonchev–Trinajstić information content (AvgIpc) is 2.37. The second kappa shape index (κ2) is 2.92. The van der Waals surface area contributed by atoms with Crippen LogP contribution in [0.4, 0.5) is 4.79 Å². The fourth-order valence-electron chi connectivity index (χ4n) is 1.04. The van der Waals surface area contributed by atoms with Gasteiger partial charge >= 0.3 is 0 Å². The van der Waals surface area contributed by atoms with Crippen molar-refractivity contribution in [1.29, 1.82) is 0 Å². The first-order valence-electron chi connectivity index (χ1n) is 3.25. The van der Waals surface area contributed by atoms with E-state index in [9.17, 15) is 4.79 Å². The van der Waals surface area contributed by atoms with Gasteiger partial charge in [0.2, 0.25) is 5.53 Å². The van der Waals surface area contributed by atoms with Crippen molar-refractivity contribution in [3.8, 4) is 0 Å². The van der Waals surface area contributed by atoms with Crippen LogP contribution in [-0.4, -0.2) is 26.7 Å². The lowest BCUT2D eigenvalue weighted by Gasteiger charge is -1.95. The first-order chi connectivity index (χ1) is 4.34. The molecule has 0 aromatic heterocycles. The molecule has 1 aliphatic heterocycles. The molecule has 1 rings (SSSR count). The molecule has 0 aromatic rings. The van der Waals surface area contributed by atoms with Crippen molar-refractivity contribution in [1.82, 2.24) is 5.32 Å². The van der Waals surface area contributed by atoms with E-state index >= 15 is 0 Å². The SMILES string of the molecule is CNC(=O)[Si]1=CCCC1. The molecule has 3 heteroatoms. The van der Waals surface area contributed by atoms with Gasteiger partial charge in [-0.15, -0.1) is 0 Å². The molecule has 0 aliphatic carbocycles. The Morgan fingerprint density at radius 3 is 3.00 bits per heavy atom. The van der Waals surface area contributed by atoms with E-state index in [4.69, 9.17) is 0 Å². The van der Waals surface area contributed by atoms with Crippen LogP contribution in [0.2, 0.25) is 6.04 Å². The minimum absolute atomic E-state index is 0.275. The van der Waals surface area contributed by atoms with E-state index in [0.29, 0.717) is 0 Å². The van der Waals surface area contributed by atoms with Gasteiger partial charge in [-0.25, -0.2) is 0 Å². The number of rotatable bonds is 1. The first kappa shape index (κ1) is 6.67. The Labute approximate surface area is 56.5 Å². The lowest BCUT2D eigenvalue weighted by atomic mass is 10.4. The van der Waals surface area contributed by atoms with Crippen LogP contribution in [0.15, 0.2) is 0 Å². The molecular weight excluding hydrogens is 130 g/mol. The molecule has 0 saturated carbocycles. The van der Waals surface area contributed by atoms with E-state index < -0.39 is 8.41 Å². The summed E-state index contributed by atoms with van der Waals surface area (Å²) in [6.07, 6.45) is 2.38. The number of nitrogens with one attached hydrogen (secondary N) is 1. The van der Waals surface area contributed by atoms with Gasteiger partial charge in [0.05, 0.1) is 0 Å². The van der Waals surface area contributed by atoms with E-state index in [1.807, 2.05) is 0 Å². The number of hydrogen-bond donors (Lipinski definition) is 1. The topological polar surface area (TPSA) is 29.1 Å². The quantitative estimate of drug-likeness (QED) is 0.532. The molecule has 0 bridgehead atoms. The Kier molecular flexibility index (Phi) is 2.16. The van der Waals surface area contributed by atoms with Gasteiger partial charge in [-0.05, 0) is 18.9 Å². The molecule has 0 fully saturated rings. The molecule has 1 aliphatic rings. The molecular formula is C6H11NOSi. The minimum atomic E-state index is -0.716. The highest BCUT2D eigenvalue weighted by Crippen LogP contribution is 2.03. The normalized spacial score (nSPS) is 17.2. The highest BCUT2D eigenvalue weighted by Gasteiger charge is 2.11. The van der Waals surface area contributed by atoms with Crippen molar-refractivity contribution in [2.45, 2.75) is 18.9 Å². The monoisotopic (exact) mass is 141 g/mol. The summed E-state index contributed by atoms with van der Waals surface area (Å²) in [5.41, 5.74) is 2.47. The van der Waals surface area contributed by atoms with E-state index in [0.717, 1.165) is 12.5 Å². The number of carbonyl (C=O) groups is 1. The first-order valence-corrected chi connectivity index (χ1v) is 5.04. The lowest BCUT2D eigenvalue weighted by Crippen LogP contribution is -2.27. The van der Waals surface area contributed by atoms with E-state index in [1.165, 1.54) is 6.42 Å². The molecule has 0 unspecified atom stereocenters. The van der Waals surface area contributed by atoms with Crippen molar-refractivity contribution in [2.75, 3.05) is 7.05 Å². The molecule has 0 aromatic carbocycles. The Hall–Kier alpha value is -0.443. The van der Waals surface area contributed by atoms with E-state index in [2.05, 4.69) is 11.0 Å². The summed E-state index contributed by atoms with van der Waals surface area (Å²) in [6, 6.07) is 1.14. The molecule has 0 radical (unpaired) electrons. The average molecular weight is 141 g/mol. The zero-order chi connectivity index (χ0) is 6.69. The summed E-state index contributed by atoms with van der Waals surface area (Å²) in [7, 11) is 0.999. The van der Waals surface area contributed by atoms with Gasteiger partial charge in [0.1, 0.15) is 8.41 Å². The van der Waals surface area contributed by atoms with Gasteiger partial charge in [0.25, 0.3) is 0 Å². The Balaban J connectivity index is 2.51. The van der Waals surface area contributed by atoms with Gasteiger partial charge in [-0.3, -0.25) is 4.79 Å². The number of hydrogen-bond acceptors (Lipinski definition) is 1. The lowest BCUT2D eigenvalue weighted by molar-refractivity contribution is 0.260. The van der Waals surface area contributed by atoms with Crippen LogP contribution in [0.1, 0.15) is 12.8 Å². The summed E-state index contributed by atoms with van der Waals surface area (Å²) in [5, 5.41) is 2.68. The van der Waals surface area contributed by atoms with Crippen LogP contribution < -0.4 is 5.32 Å². The van der Waals surface area contributed by atoms with Crippen molar-refractivity contribution in [3.63, 3.8) is 0 Å². The van der Waals surface area contributed by atoms with E-state index in [-0.39, 0.29) is 5.53 Å². The van der Waals surface area contributed by atoms with Crippen molar-refractivity contribution < 1.29 is 4.79 Å². The van der Waals surface area contributed by atoms with Crippen LogP contribution >= 0.6 is 0 Å². The van der Waals surface area contributed by atoms with Crippen molar-refractivity contribution in [3.05, 3.63) is 0 Å². The molecule has 50 valence electrons. The summed E-state index contributed by atoms with van der Waals surface area (Å²) >= 11 is 0. The number of amides is 1. The van der Waals surface area contributed by atoms with Gasteiger partial charge in [0.15, 0.2) is 0 Å². The van der Waals surface area contributed by atoms with Gasteiger partial charge in [-0.1, -0.05) is 5.67 Å². The highest BCUT2D eigenvalue weighted by molar-refractivity contribution is 6.93. The second-order valence-electron chi connectivity index (χ2n) is 2.20. The maximum absolute atomic E-state index is 10.9. The molecule has 0 spiro atoms. The Morgan fingerprint density at radius 2 is 2.56 bits per heavy atom. The van der Waals surface area contributed by atoms with Crippen LogP contribution in [0.3, 0.4) is 0 Å². The predicted molar refractivity (Wildman–Crippen MR) is 40.3 cm³/mol. The summed E-state index contributed by atoms with van der Waals surface area (Å²) in [6.45, 7) is 0. The fourth-order valence-corrected chi connectivity index (χ4v) is 3.11. The molecule has 2 nitrogen and oxygen atoms in total. The number of carbonyl (C=O) groups excluding carboxylic acids is 1. The van der Waals surface area contributed by atoms with E-state index in [1.54, 1.807) is 7.05 Å². The van der Waals surface area contributed by atoms with Crippen LogP contribution in [0, 0.1) is 0 Å². The molecule has 0 atom stereocenters. The third-order valence-electron chi connectivity index (χ3n) is 1.56. The van der Waals surface area contributed by atoms with Gasteiger partial charge in [0, 0.05) is 7.05 Å². The maximum Gasteiger partial charge on any atom is 0.211 e. The van der Waals surface area contributed by atoms with Crippen LogP contribution in [0.5, 0.6) is 0 Å². The summed E-state index contributed by atoms with van der Waals surface area (Å²) < 4.78 is 0. The third kappa shape index (κ3) is 1.48. The maximum atomic E-state index is 10.9. The zero-order valence-corrected chi connectivity index (χ0v) is 6.61. The van der Waals surface area contributed by atoms with Gasteiger partial charge in [-0.2, -0.15) is 0 Å². The Morgan fingerprint density at radius 1 is 1.78 bits per heavy atom. The minimum Gasteiger partial charge on any atom is -0.361 e. The van der Waals surface area contributed by atoms with Gasteiger partial charge < -0.3 is 5.32 Å². The molecule has 1 N–H and O–H groups in total. The largest absolute Gasteiger partial charge is 0.361 e. The zero-order valence-electron chi connectivity index (χ0n) is 5.61. The van der Waals surface area contributed by atoms with Crippen LogP contribution in [-0.2, 0) is 0 Å². The second-order valence-corrected chi connectivity index (χ2v) is 4.61. The molecule has 1 amide bonds. The highest BCUT2D eigenvalue weighted by atomic mass is 28.2. The molecule has 1 heterocycles. The predicted octanol–water partition coefficient (Wildman–Crippen LogP) is 0.580. The summed E-state index contributed by atoms with van der Waals surface area (Å²) in [4.78, 5) is 10.9. The molecule has 9 heavy (non-hydrogen) atoms.